The predicted octanol–water partition coefficient (Wildman–Crippen LogP) is 9.96. The number of benzene rings is 6. The molecule has 0 aliphatic carbocycles. The fraction of sp³-hybridized carbons (Fsp3) is 0. The number of hydrogen-bond donors (Lipinski definition) is 0. The summed E-state index contributed by atoms with van der Waals surface area (Å²) in [5.74, 6) is 0.670. The van der Waals surface area contributed by atoms with Crippen molar-refractivity contribution in [3.63, 3.8) is 0 Å². The second-order valence-corrected chi connectivity index (χ2v) is 10.7. The van der Waals surface area contributed by atoms with Crippen molar-refractivity contribution < 1.29 is 4.42 Å². The number of aromatic nitrogens is 3. The third-order valence-electron chi connectivity index (χ3n) is 8.25. The number of rotatable bonds is 3. The Labute approximate surface area is 241 Å². The van der Waals surface area contributed by atoms with E-state index in [4.69, 9.17) is 14.4 Å². The Morgan fingerprint density at radius 3 is 2.07 bits per heavy atom. The van der Waals surface area contributed by atoms with Crippen LogP contribution >= 0.6 is 0 Å². The minimum absolute atomic E-state index is 0.670. The van der Waals surface area contributed by atoms with E-state index in [2.05, 4.69) is 132 Å². The van der Waals surface area contributed by atoms with E-state index in [1.807, 2.05) is 6.07 Å². The molecule has 42 heavy (non-hydrogen) atoms. The van der Waals surface area contributed by atoms with Gasteiger partial charge >= 0.3 is 0 Å². The van der Waals surface area contributed by atoms with Crippen LogP contribution in [0.25, 0.3) is 82.8 Å². The molecule has 0 radical (unpaired) electrons. The summed E-state index contributed by atoms with van der Waals surface area (Å²) < 4.78 is 8.49. The lowest BCUT2D eigenvalue weighted by Gasteiger charge is -2.09. The van der Waals surface area contributed by atoms with Gasteiger partial charge in [0, 0.05) is 27.4 Å². The second kappa shape index (κ2) is 8.88. The van der Waals surface area contributed by atoms with Gasteiger partial charge in [0.05, 0.1) is 17.2 Å². The van der Waals surface area contributed by atoms with Gasteiger partial charge in [0.25, 0.3) is 0 Å². The van der Waals surface area contributed by atoms with Gasteiger partial charge in [0.1, 0.15) is 11.1 Å². The van der Waals surface area contributed by atoms with Gasteiger partial charge in [-0.1, -0.05) is 97.1 Å². The molecule has 4 nitrogen and oxygen atoms in total. The van der Waals surface area contributed by atoms with Gasteiger partial charge in [0.2, 0.25) is 0 Å². The zero-order valence-electron chi connectivity index (χ0n) is 22.5. The van der Waals surface area contributed by atoms with Crippen LogP contribution in [0.2, 0.25) is 0 Å². The van der Waals surface area contributed by atoms with Crippen molar-refractivity contribution in [3.05, 3.63) is 140 Å². The minimum atomic E-state index is 0.670. The fourth-order valence-electron chi connectivity index (χ4n) is 6.33. The Morgan fingerprint density at radius 1 is 0.524 bits per heavy atom. The molecule has 0 spiro atoms. The molecule has 9 rings (SSSR count). The quantitative estimate of drug-likeness (QED) is 0.225. The molecule has 0 unspecified atom stereocenters. The number of furan rings is 1. The first-order valence-electron chi connectivity index (χ1n) is 14.1. The highest BCUT2D eigenvalue weighted by molar-refractivity contribution is 6.09. The molecule has 0 atom stereocenters. The normalized spacial score (nSPS) is 11.8. The third kappa shape index (κ3) is 3.42. The van der Waals surface area contributed by atoms with Crippen molar-refractivity contribution in [2.45, 2.75) is 0 Å². The van der Waals surface area contributed by atoms with Crippen LogP contribution < -0.4 is 0 Å². The number of para-hydroxylation sites is 2. The minimum Gasteiger partial charge on any atom is -0.453 e. The Morgan fingerprint density at radius 2 is 1.24 bits per heavy atom. The first kappa shape index (κ1) is 23.0. The van der Waals surface area contributed by atoms with Crippen molar-refractivity contribution >= 4 is 54.6 Å². The molecule has 0 aliphatic rings. The summed E-state index contributed by atoms with van der Waals surface area (Å²) in [5.41, 5.74) is 9.01. The molecule has 3 aromatic heterocycles. The van der Waals surface area contributed by atoms with E-state index >= 15 is 0 Å². The lowest BCUT2D eigenvalue weighted by molar-refractivity contribution is 0.666. The molecule has 6 aromatic carbocycles. The average Bonchev–Trinajstić information content (AvgIpc) is 3.59. The summed E-state index contributed by atoms with van der Waals surface area (Å²) in [6.07, 6.45) is 1.79. The molecule has 3 heterocycles. The van der Waals surface area contributed by atoms with E-state index in [1.54, 1.807) is 6.20 Å². The van der Waals surface area contributed by atoms with Gasteiger partial charge in [-0.15, -0.1) is 0 Å². The summed E-state index contributed by atoms with van der Waals surface area (Å²) in [5, 5.41) is 5.91. The van der Waals surface area contributed by atoms with E-state index < -0.39 is 0 Å². The monoisotopic (exact) mass is 537 g/mol. The van der Waals surface area contributed by atoms with Crippen LogP contribution in [0.5, 0.6) is 0 Å². The summed E-state index contributed by atoms with van der Waals surface area (Å²) in [6, 6.07) is 46.8. The molecule has 4 heteroatoms. The smallest absolute Gasteiger partial charge is 0.172 e. The highest BCUT2D eigenvalue weighted by Crippen LogP contribution is 2.36. The number of fused-ring (bicyclic) bond motifs is 7. The van der Waals surface area contributed by atoms with Gasteiger partial charge in [-0.05, 0) is 58.3 Å². The summed E-state index contributed by atoms with van der Waals surface area (Å²) >= 11 is 0. The lowest BCUT2D eigenvalue weighted by atomic mass is 9.97. The van der Waals surface area contributed by atoms with Gasteiger partial charge in [0.15, 0.2) is 11.4 Å². The van der Waals surface area contributed by atoms with Gasteiger partial charge in [-0.2, -0.15) is 0 Å². The highest BCUT2D eigenvalue weighted by Gasteiger charge is 2.15. The van der Waals surface area contributed by atoms with Gasteiger partial charge in [-0.3, -0.25) is 0 Å². The molecule has 0 amide bonds. The number of hydrogen-bond acceptors (Lipinski definition) is 3. The van der Waals surface area contributed by atoms with Gasteiger partial charge in [-0.25, -0.2) is 9.97 Å². The largest absolute Gasteiger partial charge is 0.453 e. The van der Waals surface area contributed by atoms with Crippen molar-refractivity contribution in [2.24, 2.45) is 0 Å². The zero-order valence-corrected chi connectivity index (χ0v) is 22.5. The maximum atomic E-state index is 6.17. The van der Waals surface area contributed by atoms with E-state index in [0.29, 0.717) is 11.4 Å². The number of nitrogens with zero attached hydrogens (tertiary/aromatic N) is 3. The van der Waals surface area contributed by atoms with Crippen molar-refractivity contribution in [1.29, 1.82) is 0 Å². The summed E-state index contributed by atoms with van der Waals surface area (Å²) in [7, 11) is 0. The Kier molecular flexibility index (Phi) is 4.87. The molecule has 0 aliphatic heterocycles. The molecular weight excluding hydrogens is 514 g/mol. The first-order chi connectivity index (χ1) is 20.8. The summed E-state index contributed by atoms with van der Waals surface area (Å²) in [4.78, 5) is 9.79. The molecule has 0 saturated carbocycles. The van der Waals surface area contributed by atoms with Crippen LogP contribution in [0.4, 0.5) is 0 Å². The molecular formula is C38H23N3O. The zero-order chi connectivity index (χ0) is 27.6. The second-order valence-electron chi connectivity index (χ2n) is 10.7. The van der Waals surface area contributed by atoms with E-state index in [1.165, 1.54) is 38.1 Å². The van der Waals surface area contributed by atoms with Crippen LogP contribution in [0.3, 0.4) is 0 Å². The molecule has 196 valence electrons. The van der Waals surface area contributed by atoms with Crippen LogP contribution in [-0.4, -0.2) is 14.5 Å². The van der Waals surface area contributed by atoms with E-state index in [-0.39, 0.29) is 0 Å². The van der Waals surface area contributed by atoms with Crippen LogP contribution in [0.15, 0.2) is 144 Å². The van der Waals surface area contributed by atoms with Crippen molar-refractivity contribution in [3.8, 4) is 28.2 Å². The molecule has 0 N–H and O–H groups in total. The Hall–Kier alpha value is -5.74. The third-order valence-corrected chi connectivity index (χ3v) is 8.25. The molecule has 9 aromatic rings. The van der Waals surface area contributed by atoms with Crippen LogP contribution in [-0.2, 0) is 0 Å². The lowest BCUT2D eigenvalue weighted by Crippen LogP contribution is -1.95. The van der Waals surface area contributed by atoms with Crippen LogP contribution in [0, 0.1) is 0 Å². The van der Waals surface area contributed by atoms with E-state index in [9.17, 15) is 0 Å². The van der Waals surface area contributed by atoms with Crippen molar-refractivity contribution in [1.82, 2.24) is 14.5 Å². The molecule has 0 bridgehead atoms. The average molecular weight is 538 g/mol. The molecule has 0 fully saturated rings. The highest BCUT2D eigenvalue weighted by atomic mass is 16.3. The first-order valence-corrected chi connectivity index (χ1v) is 14.1. The maximum absolute atomic E-state index is 6.17. The molecule has 0 saturated heterocycles. The summed E-state index contributed by atoms with van der Waals surface area (Å²) in [6.45, 7) is 0. The Balaban J connectivity index is 1.20. The SMILES string of the molecule is c1cc(-c2ncc3oc4ccc(-c5cccc6ccccc56)cc4c3n2)cc(-n2c3ccccc3c3ccccc32)c1. The van der Waals surface area contributed by atoms with Crippen molar-refractivity contribution in [2.75, 3.05) is 0 Å². The maximum Gasteiger partial charge on any atom is 0.172 e. The van der Waals surface area contributed by atoms with Gasteiger partial charge < -0.3 is 8.98 Å². The van der Waals surface area contributed by atoms with Crippen LogP contribution in [0.1, 0.15) is 0 Å². The Bertz CT molecular complexity index is 2430. The fourth-order valence-corrected chi connectivity index (χ4v) is 6.33. The predicted molar refractivity (Wildman–Crippen MR) is 172 cm³/mol. The van der Waals surface area contributed by atoms with E-state index in [0.717, 1.165) is 33.3 Å². The standard InChI is InChI=1S/C38H23N3O/c1-2-13-28-24(9-1)10-8-16-29(28)25-19-20-35-32(22-25)37-36(42-35)23-39-38(40-37)26-11-7-12-27(21-26)41-33-17-5-3-14-30(33)31-15-4-6-18-34(31)41/h1-23H. The topological polar surface area (TPSA) is 43.9 Å².